The predicted octanol–water partition coefficient (Wildman–Crippen LogP) is 2.39. The molecule has 0 radical (unpaired) electrons. The molecule has 3 rings (SSSR count). The van der Waals surface area contributed by atoms with Crippen LogP contribution in [0, 0.1) is 0 Å². The van der Waals surface area contributed by atoms with Crippen molar-refractivity contribution >= 4 is 17.5 Å². The largest absolute Gasteiger partial charge is 0.454 e. The van der Waals surface area contributed by atoms with E-state index in [4.69, 9.17) is 21.1 Å². The van der Waals surface area contributed by atoms with Gasteiger partial charge in [0, 0.05) is 12.1 Å². The monoisotopic (exact) mass is 290 g/mol. The van der Waals surface area contributed by atoms with Crippen LogP contribution in [0.4, 0.5) is 0 Å². The summed E-state index contributed by atoms with van der Waals surface area (Å²) in [6.45, 7) is 0.537. The third-order valence-corrected chi connectivity index (χ3v) is 3.08. The third kappa shape index (κ3) is 2.53. The molecule has 5 nitrogen and oxygen atoms in total. The molecule has 0 saturated heterocycles. The highest BCUT2D eigenvalue weighted by atomic mass is 35.5. The first-order valence-electron chi connectivity index (χ1n) is 6.02. The van der Waals surface area contributed by atoms with Crippen molar-refractivity contribution in [3.63, 3.8) is 0 Å². The van der Waals surface area contributed by atoms with E-state index in [9.17, 15) is 4.79 Å². The molecule has 0 bridgehead atoms. The smallest absolute Gasteiger partial charge is 0.270 e. The fourth-order valence-corrected chi connectivity index (χ4v) is 2.09. The summed E-state index contributed by atoms with van der Waals surface area (Å²) in [4.78, 5) is 15.9. The average molecular weight is 291 g/mol. The van der Waals surface area contributed by atoms with Gasteiger partial charge in [0.15, 0.2) is 11.5 Å². The summed E-state index contributed by atoms with van der Waals surface area (Å²) < 4.78 is 10.7. The van der Waals surface area contributed by atoms with Gasteiger partial charge in [0.1, 0.15) is 10.8 Å². The van der Waals surface area contributed by atoms with Crippen molar-refractivity contribution in [3.8, 4) is 11.5 Å². The number of carbonyl (C=O) groups excluding carboxylic acids is 1. The Labute approximate surface area is 120 Å². The van der Waals surface area contributed by atoms with Crippen molar-refractivity contribution in [3.05, 3.63) is 52.8 Å². The van der Waals surface area contributed by atoms with Crippen LogP contribution in [0.15, 0.2) is 36.4 Å². The third-order valence-electron chi connectivity index (χ3n) is 2.87. The van der Waals surface area contributed by atoms with Gasteiger partial charge >= 0.3 is 0 Å². The Balaban J connectivity index is 1.71. The lowest BCUT2D eigenvalue weighted by atomic mass is 10.2. The maximum Gasteiger partial charge on any atom is 0.270 e. The van der Waals surface area contributed by atoms with E-state index in [-0.39, 0.29) is 23.5 Å². The molecule has 2 aromatic rings. The molecule has 1 aliphatic heterocycles. The number of halogens is 1. The molecule has 0 fully saturated rings. The van der Waals surface area contributed by atoms with Gasteiger partial charge in [0.05, 0.1) is 0 Å². The second-order valence-electron chi connectivity index (χ2n) is 4.18. The molecule has 102 valence electrons. The van der Waals surface area contributed by atoms with Gasteiger partial charge in [-0.2, -0.15) is 0 Å². The maximum atomic E-state index is 12.0. The summed E-state index contributed by atoms with van der Waals surface area (Å²) in [5, 5.41) is 3.06. The van der Waals surface area contributed by atoms with Crippen molar-refractivity contribution in [2.75, 3.05) is 6.79 Å². The van der Waals surface area contributed by atoms with Gasteiger partial charge in [0.2, 0.25) is 6.79 Å². The zero-order chi connectivity index (χ0) is 13.9. The molecule has 0 spiro atoms. The van der Waals surface area contributed by atoms with Crippen LogP contribution in [0.5, 0.6) is 11.5 Å². The molecule has 20 heavy (non-hydrogen) atoms. The number of ether oxygens (including phenoxy) is 2. The zero-order valence-corrected chi connectivity index (χ0v) is 11.2. The molecule has 0 atom stereocenters. The number of pyridine rings is 1. The van der Waals surface area contributed by atoms with Crippen LogP contribution in [0.25, 0.3) is 0 Å². The fraction of sp³-hybridized carbons (Fsp3) is 0.143. The van der Waals surface area contributed by atoms with E-state index in [2.05, 4.69) is 10.3 Å². The molecule has 1 aromatic heterocycles. The quantitative estimate of drug-likeness (QED) is 0.882. The normalized spacial score (nSPS) is 12.2. The van der Waals surface area contributed by atoms with E-state index in [0.29, 0.717) is 18.0 Å². The predicted molar refractivity (Wildman–Crippen MR) is 73.0 cm³/mol. The van der Waals surface area contributed by atoms with E-state index in [1.165, 1.54) is 0 Å². The summed E-state index contributed by atoms with van der Waals surface area (Å²) in [7, 11) is 0. The summed E-state index contributed by atoms with van der Waals surface area (Å²) in [6, 6.07) is 10.5. The molecule has 1 N–H and O–H groups in total. The highest BCUT2D eigenvalue weighted by Gasteiger charge is 2.17. The van der Waals surface area contributed by atoms with Gasteiger partial charge in [0.25, 0.3) is 5.91 Å². The van der Waals surface area contributed by atoms with Crippen LogP contribution in [0.3, 0.4) is 0 Å². The number of nitrogens with zero attached hydrogens (tertiary/aromatic N) is 1. The van der Waals surface area contributed by atoms with Gasteiger partial charge in [-0.3, -0.25) is 4.79 Å². The Morgan fingerprint density at radius 1 is 1.25 bits per heavy atom. The van der Waals surface area contributed by atoms with Crippen LogP contribution in [-0.4, -0.2) is 17.7 Å². The van der Waals surface area contributed by atoms with Gasteiger partial charge in [-0.15, -0.1) is 0 Å². The number of para-hydroxylation sites is 1. The van der Waals surface area contributed by atoms with E-state index in [1.54, 1.807) is 18.2 Å². The first-order chi connectivity index (χ1) is 9.74. The minimum atomic E-state index is -0.288. The second-order valence-corrected chi connectivity index (χ2v) is 4.57. The molecular weight excluding hydrogens is 280 g/mol. The lowest BCUT2D eigenvalue weighted by Crippen LogP contribution is -2.23. The number of rotatable bonds is 3. The Kier molecular flexibility index (Phi) is 3.43. The van der Waals surface area contributed by atoms with Crippen molar-refractivity contribution in [1.29, 1.82) is 0 Å². The van der Waals surface area contributed by atoms with Crippen molar-refractivity contribution in [1.82, 2.24) is 10.3 Å². The second kappa shape index (κ2) is 5.38. The van der Waals surface area contributed by atoms with E-state index >= 15 is 0 Å². The number of nitrogens with one attached hydrogen (secondary N) is 1. The molecule has 0 unspecified atom stereocenters. The van der Waals surface area contributed by atoms with Crippen LogP contribution in [-0.2, 0) is 6.54 Å². The number of fused-ring (bicyclic) bond motifs is 1. The fourth-order valence-electron chi connectivity index (χ4n) is 1.93. The van der Waals surface area contributed by atoms with E-state index in [1.807, 2.05) is 18.2 Å². The number of carbonyl (C=O) groups is 1. The van der Waals surface area contributed by atoms with Gasteiger partial charge in [-0.05, 0) is 18.2 Å². The zero-order valence-electron chi connectivity index (χ0n) is 10.4. The number of aromatic nitrogens is 1. The summed E-state index contributed by atoms with van der Waals surface area (Å²) >= 11 is 5.76. The average Bonchev–Trinajstić information content (AvgIpc) is 2.93. The first-order valence-corrected chi connectivity index (χ1v) is 6.40. The lowest BCUT2D eigenvalue weighted by Gasteiger charge is -2.07. The van der Waals surface area contributed by atoms with Crippen LogP contribution in [0.1, 0.15) is 16.1 Å². The lowest BCUT2D eigenvalue weighted by molar-refractivity contribution is 0.0945. The standard InChI is InChI=1S/C14H11ClN2O3/c15-12-6-2-4-10(17-12)14(18)16-7-9-3-1-5-11-13(9)20-8-19-11/h1-6H,7-8H2,(H,16,18). The molecule has 0 saturated carbocycles. The Morgan fingerprint density at radius 3 is 2.95 bits per heavy atom. The molecular formula is C14H11ClN2O3. The van der Waals surface area contributed by atoms with Gasteiger partial charge < -0.3 is 14.8 Å². The molecule has 0 aliphatic carbocycles. The van der Waals surface area contributed by atoms with E-state index in [0.717, 1.165) is 5.56 Å². The van der Waals surface area contributed by atoms with Crippen LogP contribution in [0.2, 0.25) is 5.15 Å². The minimum Gasteiger partial charge on any atom is -0.454 e. The molecule has 1 aromatic carbocycles. The summed E-state index contributed by atoms with van der Waals surface area (Å²) in [5.41, 5.74) is 1.14. The molecule has 2 heterocycles. The minimum absolute atomic E-state index is 0.205. The summed E-state index contributed by atoms with van der Waals surface area (Å²) in [6.07, 6.45) is 0. The van der Waals surface area contributed by atoms with E-state index < -0.39 is 0 Å². The van der Waals surface area contributed by atoms with Crippen LogP contribution >= 0.6 is 11.6 Å². The SMILES string of the molecule is O=C(NCc1cccc2c1OCO2)c1cccc(Cl)n1. The Bertz CT molecular complexity index is 661. The topological polar surface area (TPSA) is 60.5 Å². The molecule has 1 aliphatic rings. The maximum absolute atomic E-state index is 12.0. The Hall–Kier alpha value is -2.27. The Morgan fingerprint density at radius 2 is 2.10 bits per heavy atom. The first kappa shape index (κ1) is 12.7. The number of hydrogen-bond acceptors (Lipinski definition) is 4. The summed E-state index contributed by atoms with van der Waals surface area (Å²) in [5.74, 6) is 1.08. The highest BCUT2D eigenvalue weighted by molar-refractivity contribution is 6.29. The molecule has 6 heteroatoms. The van der Waals surface area contributed by atoms with Gasteiger partial charge in [-0.25, -0.2) is 4.98 Å². The van der Waals surface area contributed by atoms with Crippen LogP contribution < -0.4 is 14.8 Å². The number of hydrogen-bond donors (Lipinski definition) is 1. The van der Waals surface area contributed by atoms with Crippen molar-refractivity contribution in [2.24, 2.45) is 0 Å². The number of benzene rings is 1. The van der Waals surface area contributed by atoms with Crippen molar-refractivity contribution in [2.45, 2.75) is 6.54 Å². The number of amides is 1. The highest BCUT2D eigenvalue weighted by Crippen LogP contribution is 2.35. The molecule has 1 amide bonds. The van der Waals surface area contributed by atoms with Crippen molar-refractivity contribution < 1.29 is 14.3 Å². The van der Waals surface area contributed by atoms with Gasteiger partial charge in [-0.1, -0.05) is 29.8 Å².